The maximum atomic E-state index is 12.5. The molecule has 1 aromatic heterocycles. The topological polar surface area (TPSA) is 55.1 Å². The normalized spacial score (nSPS) is 12.3. The van der Waals surface area contributed by atoms with Gasteiger partial charge in [-0.1, -0.05) is 45.9 Å². The number of hydrogen-bond donors (Lipinski definition) is 1. The van der Waals surface area contributed by atoms with E-state index < -0.39 is 0 Å². The summed E-state index contributed by atoms with van der Waals surface area (Å²) in [6.07, 6.45) is 1.09. The zero-order chi connectivity index (χ0) is 22.0. The minimum absolute atomic E-state index is 0.123. The molecule has 0 fully saturated rings. The predicted octanol–water partition coefficient (Wildman–Crippen LogP) is 7.38. The van der Waals surface area contributed by atoms with Crippen LogP contribution in [0.2, 0.25) is 0 Å². The highest BCUT2D eigenvalue weighted by Gasteiger charge is 2.12. The minimum Gasteiger partial charge on any atom is -0.436 e. The van der Waals surface area contributed by atoms with Gasteiger partial charge in [-0.25, -0.2) is 4.98 Å². The largest absolute Gasteiger partial charge is 0.436 e. The quantitative estimate of drug-likeness (QED) is 0.359. The van der Waals surface area contributed by atoms with Gasteiger partial charge in [-0.2, -0.15) is 0 Å². The summed E-state index contributed by atoms with van der Waals surface area (Å²) in [6.45, 7) is 8.67. The van der Waals surface area contributed by atoms with Gasteiger partial charge >= 0.3 is 0 Å². The number of amides is 1. The Morgan fingerprint density at radius 3 is 2.26 bits per heavy atom. The molecule has 0 saturated heterocycles. The Hall–Kier alpha value is -3.40. The van der Waals surface area contributed by atoms with Crippen LogP contribution in [0.25, 0.3) is 22.6 Å². The van der Waals surface area contributed by atoms with E-state index in [1.807, 2.05) is 54.6 Å². The molecule has 31 heavy (non-hydrogen) atoms. The lowest BCUT2D eigenvalue weighted by molar-refractivity contribution is 0.102. The number of fused-ring (bicyclic) bond motifs is 1. The van der Waals surface area contributed by atoms with E-state index >= 15 is 0 Å². The molecule has 0 spiro atoms. The summed E-state index contributed by atoms with van der Waals surface area (Å²) in [5.41, 5.74) is 6.39. The fraction of sp³-hybridized carbons (Fsp3) is 0.259. The molecule has 3 aromatic carbocycles. The molecule has 0 radical (unpaired) electrons. The van der Waals surface area contributed by atoms with Gasteiger partial charge in [0.05, 0.1) is 0 Å². The summed E-state index contributed by atoms with van der Waals surface area (Å²) >= 11 is 0. The molecule has 4 nitrogen and oxygen atoms in total. The third kappa shape index (κ3) is 4.53. The van der Waals surface area contributed by atoms with Crippen molar-refractivity contribution in [3.63, 3.8) is 0 Å². The SMILES string of the molecule is CCC(C)c1ccc2oc(-c3ccc(NC(=O)c4ccc(C(C)C)cc4)cc3)nc2c1. The van der Waals surface area contributed by atoms with Crippen LogP contribution in [-0.4, -0.2) is 10.9 Å². The van der Waals surface area contributed by atoms with Crippen LogP contribution < -0.4 is 5.32 Å². The second-order valence-corrected chi connectivity index (χ2v) is 8.36. The lowest BCUT2D eigenvalue weighted by Gasteiger charge is -2.08. The van der Waals surface area contributed by atoms with Gasteiger partial charge in [0.1, 0.15) is 5.52 Å². The highest BCUT2D eigenvalue weighted by atomic mass is 16.3. The number of carbonyl (C=O) groups excluding carboxylic acids is 1. The molecule has 158 valence electrons. The summed E-state index contributed by atoms with van der Waals surface area (Å²) < 4.78 is 5.94. The summed E-state index contributed by atoms with van der Waals surface area (Å²) in [5, 5.41) is 2.95. The standard InChI is InChI=1S/C27H28N2O2/c1-5-18(4)22-12-15-25-24(16-22)29-27(31-25)21-10-13-23(14-11-21)28-26(30)20-8-6-19(7-9-20)17(2)3/h6-18H,5H2,1-4H3,(H,28,30). The van der Waals surface area contributed by atoms with Crippen molar-refractivity contribution >= 4 is 22.7 Å². The minimum atomic E-state index is -0.123. The van der Waals surface area contributed by atoms with Crippen molar-refractivity contribution in [2.75, 3.05) is 5.32 Å². The van der Waals surface area contributed by atoms with Gasteiger partial charge < -0.3 is 9.73 Å². The van der Waals surface area contributed by atoms with Crippen LogP contribution in [0.1, 0.15) is 67.4 Å². The van der Waals surface area contributed by atoms with Crippen LogP contribution in [0.4, 0.5) is 5.69 Å². The van der Waals surface area contributed by atoms with Crippen LogP contribution in [0.3, 0.4) is 0 Å². The first-order valence-corrected chi connectivity index (χ1v) is 10.9. The van der Waals surface area contributed by atoms with Gasteiger partial charge in [0, 0.05) is 16.8 Å². The molecular formula is C27H28N2O2. The molecule has 0 aliphatic rings. The first-order chi connectivity index (χ1) is 14.9. The van der Waals surface area contributed by atoms with E-state index in [4.69, 9.17) is 4.42 Å². The van der Waals surface area contributed by atoms with Crippen molar-refractivity contribution in [1.82, 2.24) is 4.98 Å². The molecule has 1 atom stereocenters. The summed E-state index contributed by atoms with van der Waals surface area (Å²) in [5.74, 6) is 1.40. The van der Waals surface area contributed by atoms with Crippen molar-refractivity contribution in [2.24, 2.45) is 0 Å². The molecule has 4 aromatic rings. The maximum Gasteiger partial charge on any atom is 0.255 e. The van der Waals surface area contributed by atoms with E-state index in [-0.39, 0.29) is 5.91 Å². The van der Waals surface area contributed by atoms with E-state index in [0.29, 0.717) is 23.3 Å². The van der Waals surface area contributed by atoms with E-state index in [0.717, 1.165) is 28.8 Å². The zero-order valence-corrected chi connectivity index (χ0v) is 18.5. The Balaban J connectivity index is 1.49. The second kappa shape index (κ2) is 8.76. The molecule has 4 heteroatoms. The number of hydrogen-bond acceptors (Lipinski definition) is 3. The molecule has 0 aliphatic heterocycles. The molecule has 1 heterocycles. The van der Waals surface area contributed by atoms with E-state index in [1.54, 1.807) is 0 Å². The Labute approximate surface area is 183 Å². The first kappa shape index (κ1) is 20.9. The van der Waals surface area contributed by atoms with Gasteiger partial charge in [-0.05, 0) is 77.9 Å². The maximum absolute atomic E-state index is 12.5. The van der Waals surface area contributed by atoms with Crippen LogP contribution >= 0.6 is 0 Å². The van der Waals surface area contributed by atoms with Gasteiger partial charge in [0.25, 0.3) is 5.91 Å². The molecule has 0 aliphatic carbocycles. The van der Waals surface area contributed by atoms with E-state index in [9.17, 15) is 4.79 Å². The van der Waals surface area contributed by atoms with Crippen LogP contribution in [0, 0.1) is 0 Å². The van der Waals surface area contributed by atoms with Crippen LogP contribution in [-0.2, 0) is 0 Å². The van der Waals surface area contributed by atoms with Crippen molar-refractivity contribution < 1.29 is 9.21 Å². The number of nitrogens with one attached hydrogen (secondary N) is 1. The average molecular weight is 413 g/mol. The van der Waals surface area contributed by atoms with Crippen LogP contribution in [0.5, 0.6) is 0 Å². The van der Waals surface area contributed by atoms with Gasteiger partial charge in [0.2, 0.25) is 5.89 Å². The fourth-order valence-electron chi connectivity index (χ4n) is 3.53. The van der Waals surface area contributed by atoms with Crippen molar-refractivity contribution in [2.45, 2.75) is 46.0 Å². The smallest absolute Gasteiger partial charge is 0.255 e. The van der Waals surface area contributed by atoms with Crippen molar-refractivity contribution in [1.29, 1.82) is 0 Å². The molecule has 4 rings (SSSR count). The number of nitrogens with zero attached hydrogens (tertiary/aromatic N) is 1. The van der Waals surface area contributed by atoms with Gasteiger partial charge in [-0.15, -0.1) is 0 Å². The summed E-state index contributed by atoms with van der Waals surface area (Å²) in [4.78, 5) is 17.2. The summed E-state index contributed by atoms with van der Waals surface area (Å²) in [6, 6.07) is 21.5. The third-order valence-corrected chi connectivity index (χ3v) is 5.82. The second-order valence-electron chi connectivity index (χ2n) is 8.36. The molecule has 1 unspecified atom stereocenters. The Kier molecular flexibility index (Phi) is 5.90. The van der Waals surface area contributed by atoms with Gasteiger partial charge in [-0.3, -0.25) is 4.79 Å². The number of rotatable bonds is 6. The molecule has 0 bridgehead atoms. The van der Waals surface area contributed by atoms with E-state index in [1.165, 1.54) is 11.1 Å². The third-order valence-electron chi connectivity index (χ3n) is 5.82. The van der Waals surface area contributed by atoms with E-state index in [2.05, 4.69) is 50.1 Å². The van der Waals surface area contributed by atoms with Crippen molar-refractivity contribution in [3.05, 3.63) is 83.4 Å². The highest BCUT2D eigenvalue weighted by molar-refractivity contribution is 6.04. The Morgan fingerprint density at radius 1 is 0.935 bits per heavy atom. The Bertz CT molecular complexity index is 1190. The summed E-state index contributed by atoms with van der Waals surface area (Å²) in [7, 11) is 0. The first-order valence-electron chi connectivity index (χ1n) is 10.9. The highest BCUT2D eigenvalue weighted by Crippen LogP contribution is 2.28. The molecular weight excluding hydrogens is 384 g/mol. The van der Waals surface area contributed by atoms with Crippen LogP contribution in [0.15, 0.2) is 71.1 Å². The number of benzene rings is 3. The Morgan fingerprint density at radius 2 is 1.61 bits per heavy atom. The molecule has 1 amide bonds. The fourth-order valence-corrected chi connectivity index (χ4v) is 3.53. The number of oxazole rings is 1. The lowest BCUT2D eigenvalue weighted by atomic mass is 9.98. The molecule has 0 saturated carbocycles. The number of anilines is 1. The zero-order valence-electron chi connectivity index (χ0n) is 18.5. The number of aromatic nitrogens is 1. The molecule has 1 N–H and O–H groups in total. The predicted molar refractivity (Wildman–Crippen MR) is 127 cm³/mol. The lowest BCUT2D eigenvalue weighted by Crippen LogP contribution is -2.11. The number of carbonyl (C=O) groups is 1. The van der Waals surface area contributed by atoms with Gasteiger partial charge in [0.15, 0.2) is 5.58 Å². The average Bonchev–Trinajstić information content (AvgIpc) is 3.22. The van der Waals surface area contributed by atoms with Crippen molar-refractivity contribution in [3.8, 4) is 11.5 Å². The monoisotopic (exact) mass is 412 g/mol.